The summed E-state index contributed by atoms with van der Waals surface area (Å²) < 4.78 is 16.8. The number of nitrogens with one attached hydrogen (secondary N) is 1. The fraction of sp³-hybridized carbons (Fsp3) is 0.0526. The van der Waals surface area contributed by atoms with Crippen molar-refractivity contribution in [1.29, 1.82) is 0 Å². The van der Waals surface area contributed by atoms with E-state index in [-0.39, 0.29) is 5.82 Å². The molecular formula is C19H15FN6S. The van der Waals surface area contributed by atoms with Crippen molar-refractivity contribution in [1.82, 2.24) is 24.7 Å². The van der Waals surface area contributed by atoms with Crippen molar-refractivity contribution < 1.29 is 4.39 Å². The van der Waals surface area contributed by atoms with Crippen molar-refractivity contribution in [3.63, 3.8) is 0 Å². The third kappa shape index (κ3) is 3.90. The molecule has 0 aliphatic heterocycles. The molecule has 2 aromatic carbocycles. The van der Waals surface area contributed by atoms with Crippen LogP contribution in [-0.2, 0) is 6.54 Å². The lowest BCUT2D eigenvalue weighted by molar-refractivity contribution is 0.628. The zero-order valence-corrected chi connectivity index (χ0v) is 15.0. The topological polar surface area (TPSA) is 63.8 Å². The Labute approximate surface area is 159 Å². The summed E-state index contributed by atoms with van der Waals surface area (Å²) in [6.45, 7) is 0.681. The lowest BCUT2D eigenvalue weighted by Gasteiger charge is -2.01. The van der Waals surface area contributed by atoms with Crippen molar-refractivity contribution in [3.05, 3.63) is 88.7 Å². The summed E-state index contributed by atoms with van der Waals surface area (Å²) in [5.74, 6) is 0.196. The minimum atomic E-state index is -0.311. The second kappa shape index (κ2) is 7.46. The van der Waals surface area contributed by atoms with E-state index in [0.717, 1.165) is 5.56 Å². The third-order valence-corrected chi connectivity index (χ3v) is 4.18. The van der Waals surface area contributed by atoms with Gasteiger partial charge in [0.15, 0.2) is 5.82 Å². The second-order valence-electron chi connectivity index (χ2n) is 5.87. The highest BCUT2D eigenvalue weighted by molar-refractivity contribution is 7.71. The molecule has 0 aliphatic carbocycles. The maximum absolute atomic E-state index is 13.1. The van der Waals surface area contributed by atoms with E-state index in [1.54, 1.807) is 24.5 Å². The van der Waals surface area contributed by atoms with E-state index in [0.29, 0.717) is 22.7 Å². The van der Waals surface area contributed by atoms with E-state index < -0.39 is 0 Å². The van der Waals surface area contributed by atoms with Crippen LogP contribution in [0.5, 0.6) is 0 Å². The van der Waals surface area contributed by atoms with Crippen molar-refractivity contribution in [2.24, 2.45) is 5.10 Å². The molecule has 2 heterocycles. The Morgan fingerprint density at radius 3 is 2.67 bits per heavy atom. The Kier molecular flexibility index (Phi) is 4.71. The van der Waals surface area contributed by atoms with Crippen LogP contribution in [0.2, 0.25) is 0 Å². The quantitative estimate of drug-likeness (QED) is 0.423. The second-order valence-corrected chi connectivity index (χ2v) is 6.26. The van der Waals surface area contributed by atoms with Gasteiger partial charge in [0.25, 0.3) is 0 Å². The molecule has 27 heavy (non-hydrogen) atoms. The number of benzene rings is 2. The SMILES string of the molecule is Fc1ccc(-c2n[nH]c(=S)n2/N=C\c2cnn(Cc3ccccc3)c2)cc1. The first kappa shape index (κ1) is 17.0. The molecule has 0 unspecified atom stereocenters. The molecule has 0 aliphatic rings. The summed E-state index contributed by atoms with van der Waals surface area (Å²) in [6.07, 6.45) is 5.29. The average Bonchev–Trinajstić information content (AvgIpc) is 3.28. The van der Waals surface area contributed by atoms with Gasteiger partial charge in [-0.1, -0.05) is 30.3 Å². The van der Waals surface area contributed by atoms with Gasteiger partial charge in [-0.25, -0.2) is 9.49 Å². The molecular weight excluding hydrogens is 363 g/mol. The van der Waals surface area contributed by atoms with Crippen LogP contribution in [-0.4, -0.2) is 30.9 Å². The molecule has 0 radical (unpaired) electrons. The summed E-state index contributed by atoms with van der Waals surface area (Å²) in [7, 11) is 0. The Balaban J connectivity index is 1.56. The maximum atomic E-state index is 13.1. The van der Waals surface area contributed by atoms with Gasteiger partial charge in [-0.15, -0.1) is 0 Å². The summed E-state index contributed by atoms with van der Waals surface area (Å²) >= 11 is 5.24. The molecule has 4 rings (SSSR count). The van der Waals surface area contributed by atoms with E-state index in [1.165, 1.54) is 22.4 Å². The van der Waals surface area contributed by atoms with Crippen molar-refractivity contribution >= 4 is 18.4 Å². The molecule has 0 saturated carbocycles. The summed E-state index contributed by atoms with van der Waals surface area (Å²) in [5.41, 5.74) is 2.71. The Morgan fingerprint density at radius 2 is 1.89 bits per heavy atom. The van der Waals surface area contributed by atoms with Crippen molar-refractivity contribution in [2.75, 3.05) is 0 Å². The van der Waals surface area contributed by atoms with Crippen LogP contribution in [0.25, 0.3) is 11.4 Å². The molecule has 8 heteroatoms. The van der Waals surface area contributed by atoms with E-state index in [4.69, 9.17) is 12.2 Å². The number of aromatic nitrogens is 5. The smallest absolute Gasteiger partial charge is 0.216 e. The number of halogens is 1. The highest BCUT2D eigenvalue weighted by Gasteiger charge is 2.08. The van der Waals surface area contributed by atoms with Crippen LogP contribution in [0.1, 0.15) is 11.1 Å². The number of aromatic amines is 1. The van der Waals surface area contributed by atoms with Gasteiger partial charge in [0.1, 0.15) is 5.82 Å². The fourth-order valence-electron chi connectivity index (χ4n) is 2.61. The van der Waals surface area contributed by atoms with Gasteiger partial charge in [-0.2, -0.15) is 20.0 Å². The average molecular weight is 378 g/mol. The summed E-state index contributed by atoms with van der Waals surface area (Å²) in [4.78, 5) is 0. The van der Waals surface area contributed by atoms with Crippen LogP contribution in [0, 0.1) is 10.6 Å². The molecule has 0 spiro atoms. The zero-order valence-electron chi connectivity index (χ0n) is 14.2. The van der Waals surface area contributed by atoms with Crippen molar-refractivity contribution in [3.8, 4) is 11.4 Å². The lowest BCUT2D eigenvalue weighted by atomic mass is 10.2. The van der Waals surface area contributed by atoms with Crippen LogP contribution < -0.4 is 0 Å². The van der Waals surface area contributed by atoms with Gasteiger partial charge in [-0.3, -0.25) is 4.68 Å². The van der Waals surface area contributed by atoms with E-state index in [2.05, 4.69) is 32.5 Å². The van der Waals surface area contributed by atoms with Crippen LogP contribution in [0.3, 0.4) is 0 Å². The lowest BCUT2D eigenvalue weighted by Crippen LogP contribution is -1.99. The monoisotopic (exact) mass is 378 g/mol. The largest absolute Gasteiger partial charge is 0.268 e. The predicted octanol–water partition coefficient (Wildman–Crippen LogP) is 3.87. The van der Waals surface area contributed by atoms with Gasteiger partial charge in [0.2, 0.25) is 4.77 Å². The highest BCUT2D eigenvalue weighted by Crippen LogP contribution is 2.17. The molecule has 0 amide bonds. The van der Waals surface area contributed by atoms with Gasteiger partial charge < -0.3 is 0 Å². The van der Waals surface area contributed by atoms with Gasteiger partial charge >= 0.3 is 0 Å². The first-order valence-corrected chi connectivity index (χ1v) is 8.64. The van der Waals surface area contributed by atoms with E-state index >= 15 is 0 Å². The minimum absolute atomic E-state index is 0.311. The van der Waals surface area contributed by atoms with Gasteiger partial charge in [0, 0.05) is 17.3 Å². The van der Waals surface area contributed by atoms with E-state index in [9.17, 15) is 4.39 Å². The first-order valence-electron chi connectivity index (χ1n) is 8.23. The molecule has 0 bridgehead atoms. The molecule has 134 valence electrons. The number of rotatable bonds is 5. The third-order valence-electron chi connectivity index (χ3n) is 3.92. The number of H-pyrrole nitrogens is 1. The fourth-order valence-corrected chi connectivity index (χ4v) is 2.79. The predicted molar refractivity (Wildman–Crippen MR) is 104 cm³/mol. The van der Waals surface area contributed by atoms with Gasteiger partial charge in [0.05, 0.1) is 19.0 Å². The summed E-state index contributed by atoms with van der Waals surface area (Å²) in [5, 5.41) is 15.6. The molecule has 4 aromatic rings. The van der Waals surface area contributed by atoms with Gasteiger partial charge in [-0.05, 0) is 42.0 Å². The minimum Gasteiger partial charge on any atom is -0.268 e. The molecule has 1 N–H and O–H groups in total. The Bertz CT molecular complexity index is 1120. The number of nitrogens with zero attached hydrogens (tertiary/aromatic N) is 5. The Hall–Kier alpha value is -3.39. The maximum Gasteiger partial charge on any atom is 0.216 e. The highest BCUT2D eigenvalue weighted by atomic mass is 32.1. The standard InChI is InChI=1S/C19H15FN6S/c20-17-8-6-16(7-9-17)18-23-24-19(27)26(18)22-11-15-10-21-25(13-15)12-14-4-2-1-3-5-14/h1-11,13H,12H2,(H,24,27)/b22-11-. The molecule has 0 fully saturated rings. The van der Waals surface area contributed by atoms with Crippen LogP contribution in [0.15, 0.2) is 72.1 Å². The molecule has 6 nitrogen and oxygen atoms in total. The normalized spacial score (nSPS) is 11.3. The Morgan fingerprint density at radius 1 is 1.11 bits per heavy atom. The number of hydrogen-bond donors (Lipinski definition) is 1. The number of hydrogen-bond acceptors (Lipinski definition) is 4. The zero-order chi connectivity index (χ0) is 18.6. The molecule has 0 saturated heterocycles. The van der Waals surface area contributed by atoms with Crippen LogP contribution in [0.4, 0.5) is 4.39 Å². The van der Waals surface area contributed by atoms with E-state index in [1.807, 2.05) is 29.1 Å². The molecule has 2 aromatic heterocycles. The summed E-state index contributed by atoms with van der Waals surface area (Å²) in [6, 6.07) is 16.1. The molecule has 0 atom stereocenters. The first-order chi connectivity index (χ1) is 13.2. The van der Waals surface area contributed by atoms with Crippen molar-refractivity contribution in [2.45, 2.75) is 6.54 Å². The van der Waals surface area contributed by atoms with Crippen LogP contribution >= 0.6 is 12.2 Å².